The Labute approximate surface area is 101 Å². The van der Waals surface area contributed by atoms with Crippen molar-refractivity contribution in [3.05, 3.63) is 12.2 Å². The first-order valence-corrected chi connectivity index (χ1v) is 6.55. The van der Waals surface area contributed by atoms with Crippen molar-refractivity contribution in [2.45, 2.75) is 56.7 Å². The Morgan fingerprint density at radius 3 is 3.00 bits per heavy atom. The molecule has 2 aliphatic rings. The molecule has 1 saturated carbocycles. The second kappa shape index (κ2) is 4.38. The predicted molar refractivity (Wildman–Crippen MR) is 63.3 cm³/mol. The zero-order valence-corrected chi connectivity index (χ0v) is 10.1. The minimum Gasteiger partial charge on any atom is -0.375 e. The summed E-state index contributed by atoms with van der Waals surface area (Å²) in [5, 5.41) is 4.43. The molecule has 0 bridgehead atoms. The summed E-state index contributed by atoms with van der Waals surface area (Å²) >= 11 is 0. The van der Waals surface area contributed by atoms with Gasteiger partial charge in [-0.2, -0.15) is 5.10 Å². The average Bonchev–Trinajstić information content (AvgIpc) is 2.99. The van der Waals surface area contributed by atoms with E-state index in [1.54, 1.807) is 0 Å². The number of rotatable bonds is 2. The molecule has 0 amide bonds. The molecule has 1 unspecified atom stereocenters. The smallest absolute Gasteiger partial charge is 0.164 e. The van der Waals surface area contributed by atoms with Gasteiger partial charge in [0, 0.05) is 6.61 Å². The number of nitrogens with two attached hydrogens (primary N) is 1. The third-order valence-corrected chi connectivity index (χ3v) is 4.09. The summed E-state index contributed by atoms with van der Waals surface area (Å²) < 4.78 is 8.02. The van der Waals surface area contributed by atoms with Crippen LogP contribution in [-0.4, -0.2) is 27.0 Å². The molecule has 5 nitrogen and oxygen atoms in total. The van der Waals surface area contributed by atoms with Crippen LogP contribution in [0, 0.1) is 0 Å². The van der Waals surface area contributed by atoms with Crippen LogP contribution in [0.4, 0.5) is 0 Å². The molecule has 1 aromatic heterocycles. The van der Waals surface area contributed by atoms with Gasteiger partial charge >= 0.3 is 0 Å². The largest absolute Gasteiger partial charge is 0.375 e. The Bertz CT molecular complexity index is 384. The molecular weight excluding hydrogens is 216 g/mol. The van der Waals surface area contributed by atoms with Crippen LogP contribution >= 0.6 is 0 Å². The van der Waals surface area contributed by atoms with E-state index >= 15 is 0 Å². The topological polar surface area (TPSA) is 66.0 Å². The minimum absolute atomic E-state index is 0.137. The lowest BCUT2D eigenvalue weighted by molar-refractivity contribution is -0.0910. The van der Waals surface area contributed by atoms with Gasteiger partial charge < -0.3 is 10.5 Å². The lowest BCUT2D eigenvalue weighted by atomic mass is 9.89. The third kappa shape index (κ3) is 2.09. The molecule has 0 radical (unpaired) electrons. The van der Waals surface area contributed by atoms with Crippen molar-refractivity contribution in [3.8, 4) is 0 Å². The molecule has 0 aromatic carbocycles. The third-order valence-electron chi connectivity index (χ3n) is 4.09. The van der Waals surface area contributed by atoms with Gasteiger partial charge in [0.1, 0.15) is 6.33 Å². The highest BCUT2D eigenvalue weighted by molar-refractivity contribution is 4.93. The highest BCUT2D eigenvalue weighted by Gasteiger charge is 2.40. The van der Waals surface area contributed by atoms with Crippen LogP contribution in [0.2, 0.25) is 0 Å². The van der Waals surface area contributed by atoms with Crippen LogP contribution in [0.3, 0.4) is 0 Å². The van der Waals surface area contributed by atoms with E-state index in [4.69, 9.17) is 10.5 Å². The van der Waals surface area contributed by atoms with E-state index in [0.717, 1.165) is 25.3 Å². The Kier molecular flexibility index (Phi) is 2.88. The Balaban J connectivity index is 1.74. The normalized spacial score (nSPS) is 27.7. The van der Waals surface area contributed by atoms with E-state index in [2.05, 4.69) is 10.1 Å². The van der Waals surface area contributed by atoms with Crippen LogP contribution in [0.25, 0.3) is 0 Å². The fraction of sp³-hybridized carbons (Fsp3) is 0.833. The molecule has 1 aliphatic heterocycles. The lowest BCUT2D eigenvalue weighted by Crippen LogP contribution is -2.38. The minimum atomic E-state index is 0.137. The molecule has 2 N–H and O–H groups in total. The summed E-state index contributed by atoms with van der Waals surface area (Å²) in [6.07, 6.45) is 8.97. The zero-order valence-electron chi connectivity index (χ0n) is 10.1. The van der Waals surface area contributed by atoms with E-state index in [1.807, 2.05) is 11.0 Å². The zero-order chi connectivity index (χ0) is 11.7. The van der Waals surface area contributed by atoms with Gasteiger partial charge in [-0.05, 0) is 25.7 Å². The van der Waals surface area contributed by atoms with Gasteiger partial charge in [-0.15, -0.1) is 0 Å². The summed E-state index contributed by atoms with van der Waals surface area (Å²) in [6, 6.07) is 0.439. The Morgan fingerprint density at radius 1 is 1.47 bits per heavy atom. The molecule has 3 rings (SSSR count). The molecule has 94 valence electrons. The van der Waals surface area contributed by atoms with Gasteiger partial charge in [0.15, 0.2) is 5.82 Å². The van der Waals surface area contributed by atoms with Gasteiger partial charge in [0.2, 0.25) is 0 Å². The second-order valence-corrected chi connectivity index (χ2v) is 5.23. The van der Waals surface area contributed by atoms with Crippen LogP contribution < -0.4 is 5.73 Å². The Hall–Kier alpha value is -0.940. The molecule has 5 heteroatoms. The number of nitrogens with zero attached hydrogens (tertiary/aromatic N) is 3. The van der Waals surface area contributed by atoms with Crippen molar-refractivity contribution >= 4 is 0 Å². The van der Waals surface area contributed by atoms with Crippen molar-refractivity contribution in [1.82, 2.24) is 14.8 Å². The van der Waals surface area contributed by atoms with Gasteiger partial charge in [-0.3, -0.25) is 0 Å². The van der Waals surface area contributed by atoms with Crippen molar-refractivity contribution < 1.29 is 4.74 Å². The van der Waals surface area contributed by atoms with Gasteiger partial charge in [0.05, 0.1) is 18.2 Å². The predicted octanol–water partition coefficient (Wildman–Crippen LogP) is 1.40. The van der Waals surface area contributed by atoms with Crippen LogP contribution in [-0.2, 0) is 11.3 Å². The molecule has 1 spiro atoms. The summed E-state index contributed by atoms with van der Waals surface area (Å²) in [7, 11) is 0. The first-order chi connectivity index (χ1) is 8.31. The fourth-order valence-corrected chi connectivity index (χ4v) is 3.18. The average molecular weight is 236 g/mol. The quantitative estimate of drug-likeness (QED) is 0.843. The van der Waals surface area contributed by atoms with Crippen molar-refractivity contribution in [2.75, 3.05) is 6.61 Å². The number of ether oxygens (including phenoxy) is 1. The maximum atomic E-state index is 6.03. The lowest BCUT2D eigenvalue weighted by Gasteiger charge is -2.38. The van der Waals surface area contributed by atoms with E-state index < -0.39 is 0 Å². The number of hydrogen-bond acceptors (Lipinski definition) is 4. The Morgan fingerprint density at radius 2 is 2.29 bits per heavy atom. The van der Waals surface area contributed by atoms with Crippen LogP contribution in [0.5, 0.6) is 0 Å². The molecule has 1 atom stereocenters. The first-order valence-electron chi connectivity index (χ1n) is 6.55. The van der Waals surface area contributed by atoms with Gasteiger partial charge in [0.25, 0.3) is 0 Å². The summed E-state index contributed by atoms with van der Waals surface area (Å²) in [6.45, 7) is 1.27. The van der Waals surface area contributed by atoms with E-state index in [9.17, 15) is 0 Å². The van der Waals surface area contributed by atoms with E-state index in [0.29, 0.717) is 12.6 Å². The van der Waals surface area contributed by atoms with Crippen molar-refractivity contribution in [1.29, 1.82) is 0 Å². The molecule has 2 heterocycles. The maximum absolute atomic E-state index is 6.03. The van der Waals surface area contributed by atoms with E-state index in [1.165, 1.54) is 25.7 Å². The number of hydrogen-bond donors (Lipinski definition) is 1. The molecule has 2 fully saturated rings. The van der Waals surface area contributed by atoms with Crippen LogP contribution in [0.15, 0.2) is 6.33 Å². The van der Waals surface area contributed by atoms with Crippen molar-refractivity contribution in [2.24, 2.45) is 5.73 Å². The van der Waals surface area contributed by atoms with Crippen molar-refractivity contribution in [3.63, 3.8) is 0 Å². The standard InChI is InChI=1S/C12H20N4O/c13-8-11-14-9-16(15-11)10-3-6-17-12(7-10)4-1-2-5-12/h9-10H,1-8,13H2. The molecule has 17 heavy (non-hydrogen) atoms. The van der Waals surface area contributed by atoms with Gasteiger partial charge in [-0.1, -0.05) is 12.8 Å². The first kappa shape index (κ1) is 11.2. The highest BCUT2D eigenvalue weighted by atomic mass is 16.5. The highest BCUT2D eigenvalue weighted by Crippen LogP contribution is 2.43. The molecule has 1 saturated heterocycles. The number of aromatic nitrogens is 3. The summed E-state index contributed by atoms with van der Waals surface area (Å²) in [5.74, 6) is 0.733. The monoisotopic (exact) mass is 236 g/mol. The SMILES string of the molecule is NCc1ncn(C2CCOC3(CCCC3)C2)n1. The summed E-state index contributed by atoms with van der Waals surface area (Å²) in [4.78, 5) is 4.21. The van der Waals surface area contributed by atoms with Crippen LogP contribution in [0.1, 0.15) is 50.4 Å². The summed E-state index contributed by atoms with van der Waals surface area (Å²) in [5.41, 5.74) is 5.68. The molecule has 1 aromatic rings. The molecule has 1 aliphatic carbocycles. The van der Waals surface area contributed by atoms with Gasteiger partial charge in [-0.25, -0.2) is 9.67 Å². The maximum Gasteiger partial charge on any atom is 0.164 e. The fourth-order valence-electron chi connectivity index (χ4n) is 3.18. The van der Waals surface area contributed by atoms with E-state index in [-0.39, 0.29) is 5.60 Å². The molecular formula is C12H20N4O. The second-order valence-electron chi connectivity index (χ2n) is 5.23.